The molecule has 0 fully saturated rings. The minimum absolute atomic E-state index is 0.269. The molecule has 1 aromatic rings. The summed E-state index contributed by atoms with van der Waals surface area (Å²) in [5, 5.41) is 0. The zero-order valence-electron chi connectivity index (χ0n) is 9.81. The summed E-state index contributed by atoms with van der Waals surface area (Å²) >= 11 is 0. The van der Waals surface area contributed by atoms with Crippen LogP contribution in [-0.2, 0) is 9.84 Å². The van der Waals surface area contributed by atoms with Gasteiger partial charge in [-0.05, 0) is 29.7 Å². The normalized spacial score (nSPS) is 22.1. The predicted octanol–water partition coefficient (Wildman–Crippen LogP) is 1.54. The van der Waals surface area contributed by atoms with Gasteiger partial charge in [0.25, 0.3) is 0 Å². The minimum Gasteiger partial charge on any atom is -0.363 e. The zero-order chi connectivity index (χ0) is 12.0. The van der Waals surface area contributed by atoms with Crippen molar-refractivity contribution in [1.29, 1.82) is 0 Å². The average Bonchev–Trinajstić information content (AvgIpc) is 2.71. The lowest BCUT2D eigenvalue weighted by Crippen LogP contribution is -2.25. The van der Waals surface area contributed by atoms with Gasteiger partial charge in [-0.2, -0.15) is 0 Å². The number of para-hydroxylation sites is 1. The molecule has 0 saturated carbocycles. The van der Waals surface area contributed by atoms with Gasteiger partial charge in [0, 0.05) is 18.8 Å². The van der Waals surface area contributed by atoms with Crippen LogP contribution >= 0.6 is 0 Å². The van der Waals surface area contributed by atoms with Crippen LogP contribution < -0.4 is 4.90 Å². The maximum Gasteiger partial charge on any atom is 0.158 e. The van der Waals surface area contributed by atoms with Gasteiger partial charge in [-0.15, -0.1) is 0 Å². The Morgan fingerprint density at radius 2 is 1.65 bits per heavy atom. The number of rotatable bonds is 1. The number of nitrogens with zero attached hydrogens (tertiary/aromatic N) is 1. The van der Waals surface area contributed by atoms with E-state index in [2.05, 4.69) is 24.0 Å². The molecule has 90 valence electrons. The van der Waals surface area contributed by atoms with Gasteiger partial charge in [-0.1, -0.05) is 18.2 Å². The highest BCUT2D eigenvalue weighted by Crippen LogP contribution is 2.31. The molecular formula is C13H15NO2S. The summed E-state index contributed by atoms with van der Waals surface area (Å²) in [4.78, 5) is 2.27. The van der Waals surface area contributed by atoms with Gasteiger partial charge >= 0.3 is 0 Å². The number of hydrogen-bond donors (Lipinski definition) is 0. The molecule has 0 N–H and O–H groups in total. The molecule has 0 spiro atoms. The Morgan fingerprint density at radius 3 is 2.24 bits per heavy atom. The number of aryl methyl sites for hydroxylation is 1. The van der Waals surface area contributed by atoms with Gasteiger partial charge in [0.2, 0.25) is 0 Å². The van der Waals surface area contributed by atoms with E-state index in [-0.39, 0.29) is 11.5 Å². The molecular weight excluding hydrogens is 234 g/mol. The van der Waals surface area contributed by atoms with E-state index >= 15 is 0 Å². The van der Waals surface area contributed by atoms with E-state index in [1.807, 2.05) is 12.1 Å². The first-order chi connectivity index (χ1) is 8.05. The Hall–Kier alpha value is -1.29. The van der Waals surface area contributed by atoms with Gasteiger partial charge in [0.15, 0.2) is 9.84 Å². The number of hydrogen-bond acceptors (Lipinski definition) is 3. The van der Waals surface area contributed by atoms with E-state index in [4.69, 9.17) is 0 Å². The van der Waals surface area contributed by atoms with E-state index in [1.165, 1.54) is 11.3 Å². The topological polar surface area (TPSA) is 37.4 Å². The van der Waals surface area contributed by atoms with Crippen LogP contribution in [0.15, 0.2) is 35.4 Å². The third-order valence-corrected chi connectivity index (χ3v) is 5.08. The molecule has 2 aliphatic rings. The Morgan fingerprint density at radius 1 is 1.06 bits per heavy atom. The molecule has 2 aliphatic heterocycles. The van der Waals surface area contributed by atoms with Crippen LogP contribution in [0.5, 0.6) is 0 Å². The molecule has 4 heteroatoms. The first kappa shape index (κ1) is 10.8. The minimum atomic E-state index is -2.82. The monoisotopic (exact) mass is 249 g/mol. The Kier molecular flexibility index (Phi) is 2.30. The van der Waals surface area contributed by atoms with Crippen molar-refractivity contribution in [1.82, 2.24) is 0 Å². The van der Waals surface area contributed by atoms with Crippen LogP contribution in [0.3, 0.4) is 0 Å². The van der Waals surface area contributed by atoms with Crippen molar-refractivity contribution in [3.8, 4) is 0 Å². The molecule has 0 radical (unpaired) electrons. The Labute approximate surface area is 102 Å². The van der Waals surface area contributed by atoms with Crippen molar-refractivity contribution in [3.63, 3.8) is 0 Å². The molecule has 0 amide bonds. The van der Waals surface area contributed by atoms with Crippen molar-refractivity contribution >= 4 is 15.5 Å². The van der Waals surface area contributed by atoms with Crippen molar-refractivity contribution in [2.45, 2.75) is 6.92 Å². The average molecular weight is 249 g/mol. The van der Waals surface area contributed by atoms with Crippen LogP contribution in [0.2, 0.25) is 0 Å². The lowest BCUT2D eigenvalue weighted by molar-refractivity contribution is 0.602. The summed E-state index contributed by atoms with van der Waals surface area (Å²) in [5.41, 5.74) is 4.71. The lowest BCUT2D eigenvalue weighted by atomic mass is 10.2. The highest BCUT2D eigenvalue weighted by molar-refractivity contribution is 7.92. The fraction of sp³-hybridized carbons (Fsp3) is 0.385. The molecule has 3 rings (SSSR count). The molecule has 0 unspecified atom stereocenters. The number of anilines is 1. The maximum atomic E-state index is 11.5. The standard InChI is InChI=1S/C13H15NO2S/c1-10-4-2-3-5-13(10)14-6-11-8-17(15,16)9-12(11)7-14/h2-5H,6-9H2,1H3. The number of benzene rings is 1. The third kappa shape index (κ3) is 1.86. The summed E-state index contributed by atoms with van der Waals surface area (Å²) in [5.74, 6) is 0.537. The summed E-state index contributed by atoms with van der Waals surface area (Å²) in [6, 6.07) is 8.25. The van der Waals surface area contributed by atoms with Crippen LogP contribution in [0, 0.1) is 6.92 Å². The maximum absolute atomic E-state index is 11.5. The lowest BCUT2D eigenvalue weighted by Gasteiger charge is -2.22. The van der Waals surface area contributed by atoms with Crippen molar-refractivity contribution < 1.29 is 8.42 Å². The highest BCUT2D eigenvalue weighted by atomic mass is 32.2. The van der Waals surface area contributed by atoms with Gasteiger partial charge in [0.05, 0.1) is 11.5 Å². The summed E-state index contributed by atoms with van der Waals surface area (Å²) in [6.45, 7) is 3.65. The second-order valence-corrected chi connectivity index (χ2v) is 6.95. The number of sulfone groups is 1. The molecule has 0 aromatic heterocycles. The summed E-state index contributed by atoms with van der Waals surface area (Å²) < 4.78 is 23.0. The van der Waals surface area contributed by atoms with Gasteiger partial charge in [-0.25, -0.2) is 8.42 Å². The van der Waals surface area contributed by atoms with E-state index in [0.29, 0.717) is 0 Å². The Balaban J connectivity index is 1.84. The first-order valence-electron chi connectivity index (χ1n) is 5.76. The molecule has 2 heterocycles. The summed E-state index contributed by atoms with van der Waals surface area (Å²) in [7, 11) is -2.82. The predicted molar refractivity (Wildman–Crippen MR) is 69.1 cm³/mol. The zero-order valence-corrected chi connectivity index (χ0v) is 10.6. The van der Waals surface area contributed by atoms with Gasteiger partial charge in [0.1, 0.15) is 0 Å². The Bertz CT molecular complexity index is 578. The fourth-order valence-corrected chi connectivity index (χ4v) is 4.46. The van der Waals surface area contributed by atoms with Crippen LogP contribution in [0.4, 0.5) is 5.69 Å². The van der Waals surface area contributed by atoms with Crippen molar-refractivity contribution in [2.75, 3.05) is 29.5 Å². The van der Waals surface area contributed by atoms with Crippen molar-refractivity contribution in [2.24, 2.45) is 0 Å². The largest absolute Gasteiger partial charge is 0.363 e. The third-order valence-electron chi connectivity index (χ3n) is 3.51. The van der Waals surface area contributed by atoms with Crippen LogP contribution in [0.1, 0.15) is 5.56 Å². The molecule has 0 bridgehead atoms. The van der Waals surface area contributed by atoms with Gasteiger partial charge in [-0.3, -0.25) is 0 Å². The highest BCUT2D eigenvalue weighted by Gasteiger charge is 2.33. The first-order valence-corrected chi connectivity index (χ1v) is 7.58. The van der Waals surface area contributed by atoms with Crippen LogP contribution in [0.25, 0.3) is 0 Å². The van der Waals surface area contributed by atoms with E-state index in [9.17, 15) is 8.42 Å². The molecule has 0 atom stereocenters. The second-order valence-electron chi connectivity index (χ2n) is 4.88. The molecule has 1 aromatic carbocycles. The van der Waals surface area contributed by atoms with E-state index < -0.39 is 9.84 Å². The smallest absolute Gasteiger partial charge is 0.158 e. The van der Waals surface area contributed by atoms with E-state index in [0.717, 1.165) is 24.2 Å². The molecule has 0 aliphatic carbocycles. The van der Waals surface area contributed by atoms with Crippen LogP contribution in [-0.4, -0.2) is 33.0 Å². The van der Waals surface area contributed by atoms with Gasteiger partial charge < -0.3 is 4.90 Å². The summed E-state index contributed by atoms with van der Waals surface area (Å²) in [6.07, 6.45) is 0. The SMILES string of the molecule is Cc1ccccc1N1CC2=C(C1)CS(=O)(=O)C2. The quantitative estimate of drug-likeness (QED) is 0.709. The fourth-order valence-electron chi connectivity index (χ4n) is 2.71. The van der Waals surface area contributed by atoms with Crippen molar-refractivity contribution in [3.05, 3.63) is 41.0 Å². The molecule has 0 saturated heterocycles. The molecule has 17 heavy (non-hydrogen) atoms. The second kappa shape index (κ2) is 3.60. The molecule has 3 nitrogen and oxygen atoms in total. The van der Waals surface area contributed by atoms with E-state index in [1.54, 1.807) is 0 Å².